The van der Waals surface area contributed by atoms with Gasteiger partial charge in [-0.15, -0.1) is 0 Å². The first-order valence-corrected chi connectivity index (χ1v) is 8.44. The molecule has 1 aliphatic heterocycles. The molecule has 5 heteroatoms. The topological polar surface area (TPSA) is 44.7 Å². The van der Waals surface area contributed by atoms with Crippen molar-refractivity contribution in [3.63, 3.8) is 0 Å². The normalized spacial score (nSPS) is 20.6. The molecular formula is C16H25BrN2O2. The molecule has 2 N–H and O–H groups in total. The third-order valence-electron chi connectivity index (χ3n) is 3.91. The van der Waals surface area contributed by atoms with E-state index in [0.29, 0.717) is 13.2 Å². The van der Waals surface area contributed by atoms with E-state index < -0.39 is 0 Å². The standard InChI is InChI=1S/C16H25BrN2O2/c1-3-6-18-12(2)15-5-4-13(17)9-16(15)19-7-8-21-11-14(19)10-20/h4-5,9,12,14,18,20H,3,6-8,10-11H2,1-2H3. The van der Waals surface area contributed by atoms with Gasteiger partial charge in [-0.3, -0.25) is 0 Å². The lowest BCUT2D eigenvalue weighted by atomic mass is 10.0. The Kier molecular flexibility index (Phi) is 6.48. The van der Waals surface area contributed by atoms with E-state index in [1.807, 2.05) is 0 Å². The van der Waals surface area contributed by atoms with Crippen LogP contribution in [0.3, 0.4) is 0 Å². The summed E-state index contributed by atoms with van der Waals surface area (Å²) in [6.45, 7) is 7.59. The molecule has 1 saturated heterocycles. The van der Waals surface area contributed by atoms with Crippen LogP contribution in [0.15, 0.2) is 22.7 Å². The van der Waals surface area contributed by atoms with E-state index in [4.69, 9.17) is 4.74 Å². The van der Waals surface area contributed by atoms with Gasteiger partial charge in [0.15, 0.2) is 0 Å². The molecule has 2 atom stereocenters. The van der Waals surface area contributed by atoms with E-state index in [2.05, 4.69) is 58.2 Å². The fourth-order valence-electron chi connectivity index (χ4n) is 2.73. The number of ether oxygens (including phenoxy) is 1. The Labute approximate surface area is 135 Å². The number of benzene rings is 1. The number of hydrogen-bond acceptors (Lipinski definition) is 4. The van der Waals surface area contributed by atoms with Crippen molar-refractivity contribution in [1.29, 1.82) is 0 Å². The second-order valence-electron chi connectivity index (χ2n) is 5.48. The van der Waals surface area contributed by atoms with E-state index in [1.54, 1.807) is 0 Å². The predicted octanol–water partition coefficient (Wildman–Crippen LogP) is 2.71. The van der Waals surface area contributed by atoms with E-state index in [0.717, 1.165) is 24.0 Å². The fraction of sp³-hybridized carbons (Fsp3) is 0.625. The van der Waals surface area contributed by atoms with Gasteiger partial charge in [-0.2, -0.15) is 0 Å². The number of aliphatic hydroxyl groups excluding tert-OH is 1. The Balaban J connectivity index is 2.29. The lowest BCUT2D eigenvalue weighted by Crippen LogP contribution is -2.48. The van der Waals surface area contributed by atoms with E-state index >= 15 is 0 Å². The maximum atomic E-state index is 9.61. The van der Waals surface area contributed by atoms with E-state index in [9.17, 15) is 5.11 Å². The van der Waals surface area contributed by atoms with Gasteiger partial charge in [0.1, 0.15) is 0 Å². The van der Waals surface area contributed by atoms with Crippen molar-refractivity contribution in [3.8, 4) is 0 Å². The van der Waals surface area contributed by atoms with Gasteiger partial charge in [0.25, 0.3) is 0 Å². The van der Waals surface area contributed by atoms with Crippen molar-refractivity contribution >= 4 is 21.6 Å². The number of nitrogens with one attached hydrogen (secondary N) is 1. The van der Waals surface area contributed by atoms with Gasteiger partial charge < -0.3 is 20.1 Å². The van der Waals surface area contributed by atoms with Crippen LogP contribution in [0.25, 0.3) is 0 Å². The molecular weight excluding hydrogens is 332 g/mol. The number of morpholine rings is 1. The number of anilines is 1. The maximum Gasteiger partial charge on any atom is 0.0755 e. The Bertz CT molecular complexity index is 456. The van der Waals surface area contributed by atoms with Crippen LogP contribution in [0.1, 0.15) is 31.9 Å². The smallest absolute Gasteiger partial charge is 0.0755 e. The minimum atomic E-state index is 0.0326. The summed E-state index contributed by atoms with van der Waals surface area (Å²) in [5.74, 6) is 0. The first kappa shape index (κ1) is 16.7. The Hall–Kier alpha value is -0.620. The summed E-state index contributed by atoms with van der Waals surface area (Å²) in [5, 5.41) is 13.2. The van der Waals surface area contributed by atoms with Gasteiger partial charge >= 0.3 is 0 Å². The van der Waals surface area contributed by atoms with Crippen LogP contribution in [0.2, 0.25) is 0 Å². The van der Waals surface area contributed by atoms with Gasteiger partial charge in [0.2, 0.25) is 0 Å². The molecule has 1 aromatic carbocycles. The SMILES string of the molecule is CCCNC(C)c1ccc(Br)cc1N1CCOCC1CO. The van der Waals surface area contributed by atoms with Crippen molar-refractivity contribution in [3.05, 3.63) is 28.2 Å². The van der Waals surface area contributed by atoms with Gasteiger partial charge in [0, 0.05) is 22.7 Å². The van der Waals surface area contributed by atoms with Crippen LogP contribution >= 0.6 is 15.9 Å². The lowest BCUT2D eigenvalue weighted by Gasteiger charge is -2.38. The van der Waals surface area contributed by atoms with E-state index in [1.165, 1.54) is 11.3 Å². The zero-order valence-electron chi connectivity index (χ0n) is 12.8. The number of halogens is 1. The fourth-order valence-corrected chi connectivity index (χ4v) is 3.07. The molecule has 4 nitrogen and oxygen atoms in total. The van der Waals surface area contributed by atoms with Gasteiger partial charge in [0.05, 0.1) is 25.9 Å². The predicted molar refractivity (Wildman–Crippen MR) is 89.9 cm³/mol. The second-order valence-corrected chi connectivity index (χ2v) is 6.40. The Morgan fingerprint density at radius 1 is 1.52 bits per heavy atom. The minimum absolute atomic E-state index is 0.0326. The highest BCUT2D eigenvalue weighted by molar-refractivity contribution is 9.10. The van der Waals surface area contributed by atoms with Crippen LogP contribution in [0, 0.1) is 0 Å². The summed E-state index contributed by atoms with van der Waals surface area (Å²) in [6, 6.07) is 6.71. The number of aliphatic hydroxyl groups is 1. The molecule has 0 spiro atoms. The van der Waals surface area contributed by atoms with Gasteiger partial charge in [-0.1, -0.05) is 28.9 Å². The molecule has 0 radical (unpaired) electrons. The third kappa shape index (κ3) is 4.19. The molecule has 1 heterocycles. The molecule has 118 valence electrons. The highest BCUT2D eigenvalue weighted by Gasteiger charge is 2.25. The van der Waals surface area contributed by atoms with Crippen LogP contribution in [0.4, 0.5) is 5.69 Å². The highest BCUT2D eigenvalue weighted by atomic mass is 79.9. The average Bonchev–Trinajstić information content (AvgIpc) is 2.52. The van der Waals surface area contributed by atoms with Crippen molar-refractivity contribution in [1.82, 2.24) is 5.32 Å². The van der Waals surface area contributed by atoms with Crippen molar-refractivity contribution in [2.24, 2.45) is 0 Å². The van der Waals surface area contributed by atoms with Crippen LogP contribution in [0.5, 0.6) is 0 Å². The molecule has 1 aromatic rings. The zero-order valence-corrected chi connectivity index (χ0v) is 14.4. The average molecular weight is 357 g/mol. The summed E-state index contributed by atoms with van der Waals surface area (Å²) in [4.78, 5) is 2.27. The maximum absolute atomic E-state index is 9.61. The molecule has 0 amide bonds. The molecule has 0 bridgehead atoms. The lowest BCUT2D eigenvalue weighted by molar-refractivity contribution is 0.0726. The summed E-state index contributed by atoms with van der Waals surface area (Å²) < 4.78 is 6.55. The van der Waals surface area contributed by atoms with Crippen molar-refractivity contribution in [2.45, 2.75) is 32.4 Å². The second kappa shape index (κ2) is 8.13. The summed E-state index contributed by atoms with van der Waals surface area (Å²) in [6.07, 6.45) is 1.12. The first-order valence-electron chi connectivity index (χ1n) is 7.65. The highest BCUT2D eigenvalue weighted by Crippen LogP contribution is 2.32. The molecule has 2 unspecified atom stereocenters. The summed E-state index contributed by atoms with van der Waals surface area (Å²) in [5.41, 5.74) is 2.45. The zero-order chi connectivity index (χ0) is 15.2. The summed E-state index contributed by atoms with van der Waals surface area (Å²) in [7, 11) is 0. The third-order valence-corrected chi connectivity index (χ3v) is 4.40. The number of hydrogen-bond donors (Lipinski definition) is 2. The molecule has 1 aliphatic rings. The van der Waals surface area contributed by atoms with Crippen molar-refractivity contribution < 1.29 is 9.84 Å². The van der Waals surface area contributed by atoms with Crippen LogP contribution < -0.4 is 10.2 Å². The quantitative estimate of drug-likeness (QED) is 0.822. The Morgan fingerprint density at radius 2 is 2.33 bits per heavy atom. The first-order chi connectivity index (χ1) is 10.2. The van der Waals surface area contributed by atoms with Crippen molar-refractivity contribution in [2.75, 3.05) is 37.8 Å². The molecule has 2 rings (SSSR count). The Morgan fingerprint density at radius 3 is 3.05 bits per heavy atom. The number of nitrogens with zero attached hydrogens (tertiary/aromatic N) is 1. The molecule has 0 aliphatic carbocycles. The molecule has 0 aromatic heterocycles. The minimum Gasteiger partial charge on any atom is -0.394 e. The molecule has 0 saturated carbocycles. The molecule has 1 fully saturated rings. The van der Waals surface area contributed by atoms with Crippen LogP contribution in [-0.4, -0.2) is 44.1 Å². The van der Waals surface area contributed by atoms with Gasteiger partial charge in [-0.05, 0) is 37.6 Å². The van der Waals surface area contributed by atoms with Crippen LogP contribution in [-0.2, 0) is 4.74 Å². The largest absolute Gasteiger partial charge is 0.394 e. The number of rotatable bonds is 6. The van der Waals surface area contributed by atoms with Gasteiger partial charge in [-0.25, -0.2) is 0 Å². The van der Waals surface area contributed by atoms with E-state index in [-0.39, 0.29) is 18.7 Å². The summed E-state index contributed by atoms with van der Waals surface area (Å²) >= 11 is 3.57. The monoisotopic (exact) mass is 356 g/mol. The molecule has 21 heavy (non-hydrogen) atoms.